The number of carbonyl (C=O) groups is 1. The van der Waals surface area contributed by atoms with Gasteiger partial charge in [0.15, 0.2) is 5.16 Å². The van der Waals surface area contributed by atoms with Crippen molar-refractivity contribution < 1.29 is 9.21 Å². The number of nitrogens with one attached hydrogen (secondary N) is 1. The molecular weight excluding hydrogens is 456 g/mol. The van der Waals surface area contributed by atoms with Crippen LogP contribution in [0.2, 0.25) is 0 Å². The molecule has 0 saturated heterocycles. The van der Waals surface area contributed by atoms with Crippen molar-refractivity contribution in [2.24, 2.45) is 0 Å². The maximum atomic E-state index is 13.6. The lowest BCUT2D eigenvalue weighted by Crippen LogP contribution is -2.25. The van der Waals surface area contributed by atoms with Crippen LogP contribution < -0.4 is 10.9 Å². The highest BCUT2D eigenvalue weighted by molar-refractivity contribution is 7.99. The van der Waals surface area contributed by atoms with Crippen molar-refractivity contribution in [2.45, 2.75) is 37.4 Å². The van der Waals surface area contributed by atoms with Gasteiger partial charge in [0.25, 0.3) is 5.56 Å². The average molecular weight is 477 g/mol. The van der Waals surface area contributed by atoms with E-state index in [1.165, 1.54) is 16.6 Å². The number of hydrogen-bond acceptors (Lipinski definition) is 7. The number of rotatable bonds is 6. The molecule has 4 aromatic rings. The lowest BCUT2D eigenvalue weighted by Gasteiger charge is -2.13. The summed E-state index contributed by atoms with van der Waals surface area (Å²) >= 11 is 2.83. The van der Waals surface area contributed by atoms with Gasteiger partial charge >= 0.3 is 0 Å². The van der Waals surface area contributed by atoms with Crippen LogP contribution in [0.5, 0.6) is 0 Å². The monoisotopic (exact) mass is 476 g/mol. The molecule has 3 aromatic heterocycles. The van der Waals surface area contributed by atoms with Gasteiger partial charge in [-0.25, -0.2) is 4.98 Å². The first kappa shape index (κ1) is 21.5. The quantitative estimate of drug-likeness (QED) is 0.323. The summed E-state index contributed by atoms with van der Waals surface area (Å²) < 4.78 is 7.09. The Balaban J connectivity index is 1.43. The van der Waals surface area contributed by atoms with Crippen LogP contribution in [-0.4, -0.2) is 21.2 Å². The molecule has 33 heavy (non-hydrogen) atoms. The summed E-state index contributed by atoms with van der Waals surface area (Å²) in [4.78, 5) is 32.9. The van der Waals surface area contributed by atoms with Crippen LogP contribution in [0.3, 0.4) is 0 Å². The SMILES string of the molecule is N#Cc1ccc(NC(=O)CSc2nc3sc4c(c3c(=O)n2Cc2ccco2)CCCC4)cc1. The Labute approximate surface area is 198 Å². The van der Waals surface area contributed by atoms with Gasteiger partial charge in [0.1, 0.15) is 10.6 Å². The molecule has 0 fully saturated rings. The number of anilines is 1. The summed E-state index contributed by atoms with van der Waals surface area (Å²) in [5.41, 5.74) is 2.20. The highest BCUT2D eigenvalue weighted by Gasteiger charge is 2.23. The van der Waals surface area contributed by atoms with Gasteiger partial charge in [-0.15, -0.1) is 11.3 Å². The second-order valence-electron chi connectivity index (χ2n) is 7.78. The zero-order chi connectivity index (χ0) is 22.8. The molecule has 0 aliphatic heterocycles. The summed E-state index contributed by atoms with van der Waals surface area (Å²) in [6.45, 7) is 0.263. The average Bonchev–Trinajstić information content (AvgIpc) is 3.47. The first-order valence-electron chi connectivity index (χ1n) is 10.6. The van der Waals surface area contributed by atoms with Gasteiger partial charge in [0.05, 0.1) is 35.6 Å². The number of thioether (sulfide) groups is 1. The summed E-state index contributed by atoms with van der Waals surface area (Å²) in [5, 5.41) is 12.9. The Morgan fingerprint density at radius 1 is 1.24 bits per heavy atom. The molecule has 1 N–H and O–H groups in total. The summed E-state index contributed by atoms with van der Waals surface area (Å²) in [5.74, 6) is 0.543. The van der Waals surface area contributed by atoms with Crippen LogP contribution >= 0.6 is 23.1 Å². The van der Waals surface area contributed by atoms with E-state index < -0.39 is 0 Å². The van der Waals surface area contributed by atoms with Crippen molar-refractivity contribution in [3.8, 4) is 6.07 Å². The maximum absolute atomic E-state index is 13.6. The number of nitrogens with zero attached hydrogens (tertiary/aromatic N) is 3. The van der Waals surface area contributed by atoms with Crippen LogP contribution in [0.4, 0.5) is 5.69 Å². The molecule has 0 atom stereocenters. The lowest BCUT2D eigenvalue weighted by atomic mass is 9.97. The molecule has 3 heterocycles. The van der Waals surface area contributed by atoms with Gasteiger partial charge in [0.2, 0.25) is 5.91 Å². The van der Waals surface area contributed by atoms with Gasteiger partial charge in [-0.05, 0) is 67.6 Å². The normalized spacial score (nSPS) is 12.9. The molecule has 5 rings (SSSR count). The van der Waals surface area contributed by atoms with Crippen molar-refractivity contribution in [3.63, 3.8) is 0 Å². The number of benzene rings is 1. The Morgan fingerprint density at radius 3 is 2.82 bits per heavy atom. The second kappa shape index (κ2) is 9.25. The summed E-state index contributed by atoms with van der Waals surface area (Å²) in [6.07, 6.45) is 5.70. The predicted molar refractivity (Wildman–Crippen MR) is 129 cm³/mol. The van der Waals surface area contributed by atoms with E-state index in [-0.39, 0.29) is 23.8 Å². The molecule has 0 saturated carbocycles. The van der Waals surface area contributed by atoms with E-state index in [4.69, 9.17) is 14.7 Å². The van der Waals surface area contributed by atoms with E-state index in [1.807, 2.05) is 6.07 Å². The topological polar surface area (TPSA) is 101 Å². The van der Waals surface area contributed by atoms with Crippen LogP contribution in [0, 0.1) is 11.3 Å². The lowest BCUT2D eigenvalue weighted by molar-refractivity contribution is -0.113. The number of aryl methyl sites for hydroxylation is 2. The highest BCUT2D eigenvalue weighted by Crippen LogP contribution is 2.34. The van der Waals surface area contributed by atoms with E-state index >= 15 is 0 Å². The first-order valence-corrected chi connectivity index (χ1v) is 12.4. The van der Waals surface area contributed by atoms with Gasteiger partial charge in [-0.2, -0.15) is 5.26 Å². The molecule has 0 radical (unpaired) electrons. The molecule has 166 valence electrons. The van der Waals surface area contributed by atoms with Gasteiger partial charge in [-0.1, -0.05) is 11.8 Å². The Morgan fingerprint density at radius 2 is 2.06 bits per heavy atom. The number of thiophene rings is 1. The van der Waals surface area contributed by atoms with Crippen LogP contribution in [0.15, 0.2) is 57.0 Å². The maximum Gasteiger partial charge on any atom is 0.263 e. The number of furan rings is 1. The van der Waals surface area contributed by atoms with Crippen molar-refractivity contribution in [1.29, 1.82) is 5.26 Å². The molecule has 9 heteroatoms. The number of nitriles is 1. The van der Waals surface area contributed by atoms with Gasteiger partial charge in [0, 0.05) is 10.6 Å². The van der Waals surface area contributed by atoms with Gasteiger partial charge in [-0.3, -0.25) is 14.2 Å². The van der Waals surface area contributed by atoms with Crippen LogP contribution in [0.25, 0.3) is 10.2 Å². The minimum absolute atomic E-state index is 0.0780. The van der Waals surface area contributed by atoms with Crippen LogP contribution in [0.1, 0.15) is 34.6 Å². The van der Waals surface area contributed by atoms with Crippen molar-refractivity contribution in [1.82, 2.24) is 9.55 Å². The zero-order valence-electron chi connectivity index (χ0n) is 17.7. The van der Waals surface area contributed by atoms with Crippen molar-refractivity contribution >= 4 is 44.9 Å². The van der Waals surface area contributed by atoms with E-state index in [1.54, 1.807) is 52.5 Å². The summed E-state index contributed by atoms with van der Waals surface area (Å²) in [7, 11) is 0. The second-order valence-corrected chi connectivity index (χ2v) is 9.81. The molecule has 1 aromatic carbocycles. The molecular formula is C24H20N4O3S2. The van der Waals surface area contributed by atoms with E-state index in [9.17, 15) is 9.59 Å². The molecule has 1 aliphatic carbocycles. The number of aromatic nitrogens is 2. The first-order chi connectivity index (χ1) is 16.1. The number of amides is 1. The van der Waals surface area contributed by atoms with E-state index in [0.29, 0.717) is 27.6 Å². The Kier molecular flexibility index (Phi) is 6.03. The largest absolute Gasteiger partial charge is 0.467 e. The fourth-order valence-corrected chi connectivity index (χ4v) is 6.08. The minimum Gasteiger partial charge on any atom is -0.467 e. The smallest absolute Gasteiger partial charge is 0.263 e. The summed E-state index contributed by atoms with van der Waals surface area (Å²) in [6, 6.07) is 12.3. The molecule has 1 amide bonds. The molecule has 7 nitrogen and oxygen atoms in total. The fourth-order valence-electron chi connectivity index (χ4n) is 3.98. The van der Waals surface area contributed by atoms with Crippen molar-refractivity contribution in [2.75, 3.05) is 11.1 Å². The number of fused-ring (bicyclic) bond motifs is 3. The predicted octanol–water partition coefficient (Wildman–Crippen LogP) is 4.58. The van der Waals surface area contributed by atoms with Gasteiger partial charge < -0.3 is 9.73 Å². The number of carbonyl (C=O) groups excluding carboxylic acids is 1. The standard InChI is InChI=1S/C24H20N4O3S2/c25-12-15-7-9-16(10-8-15)26-20(29)14-32-24-27-22-21(18-5-1-2-6-19(18)33-22)23(30)28(24)13-17-4-3-11-31-17/h3-4,7-11H,1-2,5-6,13-14H2,(H,26,29). The third-order valence-electron chi connectivity index (χ3n) is 5.56. The Hall–Kier alpha value is -3.35. The Bertz CT molecular complexity index is 1410. The zero-order valence-corrected chi connectivity index (χ0v) is 19.3. The van der Waals surface area contributed by atoms with E-state index in [2.05, 4.69) is 11.4 Å². The number of hydrogen-bond donors (Lipinski definition) is 1. The fraction of sp³-hybridized carbons (Fsp3) is 0.250. The van der Waals surface area contributed by atoms with Crippen LogP contribution in [-0.2, 0) is 24.2 Å². The van der Waals surface area contributed by atoms with Crippen molar-refractivity contribution in [3.05, 3.63) is 74.8 Å². The third-order valence-corrected chi connectivity index (χ3v) is 7.73. The molecule has 1 aliphatic rings. The van der Waals surface area contributed by atoms with E-state index in [0.717, 1.165) is 36.1 Å². The molecule has 0 spiro atoms. The minimum atomic E-state index is -0.214. The molecule has 0 bridgehead atoms. The third kappa shape index (κ3) is 4.45. The highest BCUT2D eigenvalue weighted by atomic mass is 32.2. The molecule has 0 unspecified atom stereocenters.